The first kappa shape index (κ1) is 17.2. The number of hydrogen-bond donors (Lipinski definition) is 2. The van der Waals surface area contributed by atoms with Crippen molar-refractivity contribution in [1.82, 2.24) is 5.32 Å². The van der Waals surface area contributed by atoms with Crippen LogP contribution in [0, 0.1) is 11.6 Å². The summed E-state index contributed by atoms with van der Waals surface area (Å²) in [6.45, 7) is 0.286. The summed E-state index contributed by atoms with van der Waals surface area (Å²) in [5.41, 5.74) is 0.814. The van der Waals surface area contributed by atoms with E-state index in [0.29, 0.717) is 17.1 Å². The number of nitrogens with one attached hydrogen (secondary N) is 1. The maximum atomic E-state index is 13.5. The number of aliphatic hydroxyl groups excluding tert-OH is 1. The van der Waals surface area contributed by atoms with Crippen molar-refractivity contribution in [2.75, 3.05) is 20.8 Å². The van der Waals surface area contributed by atoms with E-state index in [-0.39, 0.29) is 18.7 Å². The van der Waals surface area contributed by atoms with E-state index in [1.807, 2.05) is 0 Å². The van der Waals surface area contributed by atoms with Crippen molar-refractivity contribution >= 4 is 0 Å². The fourth-order valence-electron chi connectivity index (χ4n) is 2.17. The van der Waals surface area contributed by atoms with Gasteiger partial charge in [0.15, 0.2) is 11.6 Å². The molecular formula is C17H19F2NO3. The lowest BCUT2D eigenvalue weighted by atomic mass is 10.1. The van der Waals surface area contributed by atoms with Gasteiger partial charge in [-0.1, -0.05) is 12.1 Å². The van der Waals surface area contributed by atoms with Crippen LogP contribution in [-0.4, -0.2) is 25.9 Å². The molecule has 0 fully saturated rings. The van der Waals surface area contributed by atoms with Crippen molar-refractivity contribution in [3.05, 3.63) is 59.2 Å². The van der Waals surface area contributed by atoms with Gasteiger partial charge in [0.05, 0.1) is 20.3 Å². The Labute approximate surface area is 133 Å². The lowest BCUT2D eigenvalue weighted by molar-refractivity contribution is 0.173. The summed E-state index contributed by atoms with van der Waals surface area (Å²) in [7, 11) is 3.05. The maximum Gasteiger partial charge on any atom is 0.163 e. The minimum atomic E-state index is -0.887. The van der Waals surface area contributed by atoms with Crippen molar-refractivity contribution in [3.63, 3.8) is 0 Å². The van der Waals surface area contributed by atoms with Gasteiger partial charge in [-0.3, -0.25) is 0 Å². The van der Waals surface area contributed by atoms with Crippen LogP contribution < -0.4 is 14.8 Å². The van der Waals surface area contributed by atoms with Crippen LogP contribution in [0.25, 0.3) is 0 Å². The van der Waals surface area contributed by atoms with Gasteiger partial charge in [-0.15, -0.1) is 0 Å². The predicted octanol–water partition coefficient (Wildman–Crippen LogP) is 2.81. The van der Waals surface area contributed by atoms with Crippen molar-refractivity contribution in [2.24, 2.45) is 0 Å². The summed E-state index contributed by atoms with van der Waals surface area (Å²) in [5.74, 6) is -0.635. The molecule has 2 rings (SSSR count). The quantitative estimate of drug-likeness (QED) is 0.823. The summed E-state index contributed by atoms with van der Waals surface area (Å²) in [5, 5.41) is 13.1. The third kappa shape index (κ3) is 4.40. The molecule has 0 spiro atoms. The Morgan fingerprint density at radius 3 is 2.35 bits per heavy atom. The molecule has 0 amide bonds. The van der Waals surface area contributed by atoms with Crippen LogP contribution in [-0.2, 0) is 6.54 Å². The van der Waals surface area contributed by atoms with E-state index in [4.69, 9.17) is 9.47 Å². The highest BCUT2D eigenvalue weighted by atomic mass is 19.2. The largest absolute Gasteiger partial charge is 0.497 e. The van der Waals surface area contributed by atoms with Crippen LogP contribution in [0.15, 0.2) is 36.4 Å². The highest BCUT2D eigenvalue weighted by Crippen LogP contribution is 2.26. The summed E-state index contributed by atoms with van der Waals surface area (Å²) in [6.07, 6.45) is -0.837. The molecule has 0 aliphatic heterocycles. The number of hydrogen-bond acceptors (Lipinski definition) is 4. The highest BCUT2D eigenvalue weighted by molar-refractivity contribution is 5.39. The summed E-state index contributed by atoms with van der Waals surface area (Å²) in [6, 6.07) is 9.09. The molecule has 0 saturated carbocycles. The number of methoxy groups -OCH3 is 2. The van der Waals surface area contributed by atoms with Gasteiger partial charge >= 0.3 is 0 Å². The SMILES string of the molecule is COc1cc(OC)cc(C(O)CNCc2cccc(F)c2F)c1. The monoisotopic (exact) mass is 323 g/mol. The van der Waals surface area contributed by atoms with Crippen molar-refractivity contribution in [1.29, 1.82) is 0 Å². The molecule has 4 nitrogen and oxygen atoms in total. The van der Waals surface area contributed by atoms with E-state index in [1.54, 1.807) is 18.2 Å². The summed E-state index contributed by atoms with van der Waals surface area (Å²) in [4.78, 5) is 0. The zero-order chi connectivity index (χ0) is 16.8. The molecule has 0 radical (unpaired) electrons. The molecule has 6 heteroatoms. The first-order valence-electron chi connectivity index (χ1n) is 7.09. The number of halogens is 2. The predicted molar refractivity (Wildman–Crippen MR) is 82.6 cm³/mol. The molecule has 0 aliphatic rings. The Hall–Kier alpha value is -2.18. The second kappa shape index (κ2) is 7.89. The fraction of sp³-hybridized carbons (Fsp3) is 0.294. The first-order valence-corrected chi connectivity index (χ1v) is 7.09. The molecule has 2 aromatic carbocycles. The first-order chi connectivity index (χ1) is 11.0. The Balaban J connectivity index is 1.99. The lowest BCUT2D eigenvalue weighted by Gasteiger charge is -2.15. The Morgan fingerprint density at radius 2 is 1.74 bits per heavy atom. The van der Waals surface area contributed by atoms with E-state index < -0.39 is 17.7 Å². The zero-order valence-corrected chi connectivity index (χ0v) is 13.0. The number of aliphatic hydroxyl groups is 1. The Bertz CT molecular complexity index is 642. The van der Waals surface area contributed by atoms with E-state index in [2.05, 4.69) is 5.32 Å². The van der Waals surface area contributed by atoms with Gasteiger partial charge in [0.1, 0.15) is 11.5 Å². The molecule has 1 atom stereocenters. The third-order valence-electron chi connectivity index (χ3n) is 3.44. The smallest absolute Gasteiger partial charge is 0.163 e. The standard InChI is InChI=1S/C17H19F2NO3/c1-22-13-6-12(7-14(8-13)23-2)16(21)10-20-9-11-4-3-5-15(18)17(11)19/h3-8,16,20-21H,9-10H2,1-2H3. The van der Waals surface area contributed by atoms with Crippen molar-refractivity contribution in [3.8, 4) is 11.5 Å². The van der Waals surface area contributed by atoms with Crippen LogP contribution in [0.3, 0.4) is 0 Å². The van der Waals surface area contributed by atoms with E-state index >= 15 is 0 Å². The zero-order valence-electron chi connectivity index (χ0n) is 13.0. The van der Waals surface area contributed by atoms with E-state index in [0.717, 1.165) is 6.07 Å². The van der Waals surface area contributed by atoms with Crippen LogP contribution in [0.2, 0.25) is 0 Å². The molecule has 2 N–H and O–H groups in total. The van der Waals surface area contributed by atoms with Crippen LogP contribution in [0.5, 0.6) is 11.5 Å². The van der Waals surface area contributed by atoms with Gasteiger partial charge in [0, 0.05) is 24.7 Å². The second-order valence-corrected chi connectivity index (χ2v) is 5.01. The van der Waals surface area contributed by atoms with E-state index in [9.17, 15) is 13.9 Å². The fourth-order valence-corrected chi connectivity index (χ4v) is 2.17. The van der Waals surface area contributed by atoms with Crippen LogP contribution >= 0.6 is 0 Å². The summed E-state index contributed by atoms with van der Waals surface area (Å²) < 4.78 is 36.9. The lowest BCUT2D eigenvalue weighted by Crippen LogP contribution is -2.21. The van der Waals surface area contributed by atoms with E-state index in [1.165, 1.54) is 26.4 Å². The van der Waals surface area contributed by atoms with Gasteiger partial charge in [-0.2, -0.15) is 0 Å². The molecule has 0 bridgehead atoms. The maximum absolute atomic E-state index is 13.5. The number of rotatable bonds is 7. The Kier molecular flexibility index (Phi) is 5.90. The normalized spacial score (nSPS) is 12.0. The molecule has 0 saturated heterocycles. The van der Waals surface area contributed by atoms with Gasteiger partial charge in [-0.25, -0.2) is 8.78 Å². The van der Waals surface area contributed by atoms with Crippen molar-refractivity contribution < 1.29 is 23.4 Å². The highest BCUT2D eigenvalue weighted by Gasteiger charge is 2.12. The van der Waals surface area contributed by atoms with Gasteiger partial charge in [-0.05, 0) is 23.8 Å². The number of benzene rings is 2. The van der Waals surface area contributed by atoms with Gasteiger partial charge < -0.3 is 19.9 Å². The molecule has 0 aromatic heterocycles. The minimum absolute atomic E-state index is 0.113. The molecule has 124 valence electrons. The van der Waals surface area contributed by atoms with Gasteiger partial charge in [0.2, 0.25) is 0 Å². The minimum Gasteiger partial charge on any atom is -0.497 e. The molecule has 1 unspecified atom stereocenters. The average molecular weight is 323 g/mol. The topological polar surface area (TPSA) is 50.7 Å². The van der Waals surface area contributed by atoms with Crippen LogP contribution in [0.4, 0.5) is 8.78 Å². The Morgan fingerprint density at radius 1 is 1.09 bits per heavy atom. The second-order valence-electron chi connectivity index (χ2n) is 5.01. The average Bonchev–Trinajstić information content (AvgIpc) is 2.57. The molecule has 23 heavy (non-hydrogen) atoms. The molecule has 2 aromatic rings. The number of ether oxygens (including phenoxy) is 2. The molecular weight excluding hydrogens is 304 g/mol. The molecule has 0 aliphatic carbocycles. The third-order valence-corrected chi connectivity index (χ3v) is 3.44. The van der Waals surface area contributed by atoms with Crippen molar-refractivity contribution in [2.45, 2.75) is 12.6 Å². The summed E-state index contributed by atoms with van der Waals surface area (Å²) >= 11 is 0. The molecule has 0 heterocycles. The van der Waals surface area contributed by atoms with Crippen LogP contribution in [0.1, 0.15) is 17.2 Å². The van der Waals surface area contributed by atoms with Gasteiger partial charge in [0.25, 0.3) is 0 Å².